The number of rotatable bonds is 7. The molecule has 25 heavy (non-hydrogen) atoms. The van der Waals surface area contributed by atoms with Gasteiger partial charge in [0.15, 0.2) is 0 Å². The van der Waals surface area contributed by atoms with Crippen LogP contribution in [0, 0.1) is 0 Å². The van der Waals surface area contributed by atoms with Crippen LogP contribution in [0.3, 0.4) is 0 Å². The van der Waals surface area contributed by atoms with E-state index < -0.39 is 0 Å². The highest BCUT2D eigenvalue weighted by molar-refractivity contribution is 5.77. The Labute approximate surface area is 147 Å². The number of aromatic nitrogens is 3. The number of aryl methyl sites for hydroxylation is 1. The number of ether oxygens (including phenoxy) is 2. The molecular formula is C18H24N4O3. The first kappa shape index (κ1) is 17.6. The molecule has 1 atom stereocenters. The fourth-order valence-corrected chi connectivity index (χ4v) is 3.11. The molecule has 1 aliphatic heterocycles. The molecule has 3 rings (SSSR count). The first-order valence-corrected chi connectivity index (χ1v) is 8.54. The van der Waals surface area contributed by atoms with Crippen molar-refractivity contribution in [3.63, 3.8) is 0 Å². The molecule has 0 fully saturated rings. The molecule has 2 aromatic rings. The van der Waals surface area contributed by atoms with E-state index in [0.29, 0.717) is 32.9 Å². The Morgan fingerprint density at radius 3 is 2.84 bits per heavy atom. The third-order valence-electron chi connectivity index (χ3n) is 4.32. The van der Waals surface area contributed by atoms with Crippen LogP contribution < -0.4 is 0 Å². The van der Waals surface area contributed by atoms with Crippen molar-refractivity contribution in [3.05, 3.63) is 47.3 Å². The van der Waals surface area contributed by atoms with Gasteiger partial charge in [-0.25, -0.2) is 0 Å². The first-order chi connectivity index (χ1) is 12.2. The van der Waals surface area contributed by atoms with Crippen LogP contribution in [-0.4, -0.2) is 52.2 Å². The number of nitrogens with zero attached hydrogens (tertiary/aromatic N) is 4. The minimum atomic E-state index is -0.0220. The molecule has 0 unspecified atom stereocenters. The number of hydrogen-bond donors (Lipinski definition) is 0. The van der Waals surface area contributed by atoms with E-state index in [9.17, 15) is 4.79 Å². The van der Waals surface area contributed by atoms with Crippen molar-refractivity contribution in [3.8, 4) is 0 Å². The van der Waals surface area contributed by atoms with Crippen molar-refractivity contribution in [2.24, 2.45) is 7.05 Å². The van der Waals surface area contributed by atoms with Gasteiger partial charge in [0.2, 0.25) is 5.91 Å². The summed E-state index contributed by atoms with van der Waals surface area (Å²) in [4.78, 5) is 14.1. The van der Waals surface area contributed by atoms with Crippen molar-refractivity contribution in [1.82, 2.24) is 19.9 Å². The number of amides is 1. The van der Waals surface area contributed by atoms with Gasteiger partial charge in [-0.2, -0.15) is 0 Å². The second-order valence-corrected chi connectivity index (χ2v) is 6.15. The molecule has 1 aromatic heterocycles. The van der Waals surface area contributed by atoms with Crippen LogP contribution in [-0.2, 0) is 34.5 Å². The van der Waals surface area contributed by atoms with Crippen LogP contribution in [0.2, 0.25) is 0 Å². The maximum absolute atomic E-state index is 12.3. The molecule has 1 aromatic carbocycles. The second kappa shape index (κ2) is 8.22. The van der Waals surface area contributed by atoms with Crippen LogP contribution >= 0.6 is 0 Å². The van der Waals surface area contributed by atoms with Crippen molar-refractivity contribution >= 4 is 5.91 Å². The SMILES string of the molecule is CCOCC(=O)N1Cc2nnn(C)c2[C@H](COCc2ccccc2)C1. The summed E-state index contributed by atoms with van der Waals surface area (Å²) >= 11 is 0. The van der Waals surface area contributed by atoms with Gasteiger partial charge in [0.05, 0.1) is 25.5 Å². The lowest BCUT2D eigenvalue weighted by Gasteiger charge is -2.32. The van der Waals surface area contributed by atoms with Gasteiger partial charge in [-0.3, -0.25) is 9.48 Å². The Hall–Kier alpha value is -2.25. The van der Waals surface area contributed by atoms with Crippen molar-refractivity contribution in [2.45, 2.75) is 26.0 Å². The van der Waals surface area contributed by atoms with E-state index in [4.69, 9.17) is 9.47 Å². The molecule has 0 bridgehead atoms. The number of carbonyl (C=O) groups is 1. The summed E-state index contributed by atoms with van der Waals surface area (Å²) < 4.78 is 13.0. The highest BCUT2D eigenvalue weighted by Gasteiger charge is 2.32. The number of hydrogen-bond acceptors (Lipinski definition) is 5. The molecule has 2 heterocycles. The van der Waals surface area contributed by atoms with Crippen LogP contribution in [0.4, 0.5) is 0 Å². The maximum Gasteiger partial charge on any atom is 0.248 e. The van der Waals surface area contributed by atoms with Gasteiger partial charge < -0.3 is 14.4 Å². The molecule has 0 N–H and O–H groups in total. The Bertz CT molecular complexity index is 702. The second-order valence-electron chi connectivity index (χ2n) is 6.15. The summed E-state index contributed by atoms with van der Waals surface area (Å²) in [5, 5.41) is 8.32. The van der Waals surface area contributed by atoms with E-state index in [2.05, 4.69) is 10.3 Å². The normalized spacial score (nSPS) is 16.7. The molecule has 0 radical (unpaired) electrons. The van der Waals surface area contributed by atoms with Gasteiger partial charge >= 0.3 is 0 Å². The number of carbonyl (C=O) groups excluding carboxylic acids is 1. The molecule has 0 saturated carbocycles. The Balaban J connectivity index is 1.66. The third-order valence-corrected chi connectivity index (χ3v) is 4.32. The molecule has 1 aliphatic rings. The zero-order valence-corrected chi connectivity index (χ0v) is 14.7. The van der Waals surface area contributed by atoms with E-state index in [1.165, 1.54) is 0 Å². The topological polar surface area (TPSA) is 69.5 Å². The largest absolute Gasteiger partial charge is 0.376 e. The van der Waals surface area contributed by atoms with Crippen molar-refractivity contribution < 1.29 is 14.3 Å². The lowest BCUT2D eigenvalue weighted by molar-refractivity contribution is -0.137. The van der Waals surface area contributed by atoms with Crippen molar-refractivity contribution in [1.29, 1.82) is 0 Å². The van der Waals surface area contributed by atoms with Crippen LogP contribution in [0.15, 0.2) is 30.3 Å². The molecule has 0 spiro atoms. The van der Waals surface area contributed by atoms with Crippen LogP contribution in [0.25, 0.3) is 0 Å². The smallest absolute Gasteiger partial charge is 0.248 e. The Morgan fingerprint density at radius 2 is 2.08 bits per heavy atom. The molecule has 0 saturated heterocycles. The summed E-state index contributed by atoms with van der Waals surface area (Å²) in [6, 6.07) is 10.1. The number of fused-ring (bicyclic) bond motifs is 1. The Kier molecular flexibility index (Phi) is 5.78. The average Bonchev–Trinajstić information content (AvgIpc) is 3.01. The van der Waals surface area contributed by atoms with E-state index in [1.54, 1.807) is 9.58 Å². The monoisotopic (exact) mass is 344 g/mol. The first-order valence-electron chi connectivity index (χ1n) is 8.54. The standard InChI is InChI=1S/C18H24N4O3/c1-3-24-13-17(23)22-9-15(18-16(10-22)19-20-21(18)2)12-25-11-14-7-5-4-6-8-14/h4-8,15H,3,9-13H2,1-2H3/t15-/m0/s1. The van der Waals surface area contributed by atoms with Gasteiger partial charge in [0.1, 0.15) is 12.3 Å². The van der Waals surface area contributed by atoms with E-state index in [0.717, 1.165) is 17.0 Å². The highest BCUT2D eigenvalue weighted by atomic mass is 16.5. The minimum Gasteiger partial charge on any atom is -0.376 e. The predicted octanol–water partition coefficient (Wildman–Crippen LogP) is 1.49. The minimum absolute atomic E-state index is 0.0220. The molecule has 134 valence electrons. The average molecular weight is 344 g/mol. The zero-order valence-electron chi connectivity index (χ0n) is 14.7. The summed E-state index contributed by atoms with van der Waals surface area (Å²) in [7, 11) is 1.88. The lowest BCUT2D eigenvalue weighted by atomic mass is 9.99. The van der Waals surface area contributed by atoms with E-state index in [-0.39, 0.29) is 18.4 Å². The fourth-order valence-electron chi connectivity index (χ4n) is 3.11. The van der Waals surface area contributed by atoms with Crippen molar-refractivity contribution in [2.75, 3.05) is 26.4 Å². The van der Waals surface area contributed by atoms with Gasteiger partial charge in [-0.1, -0.05) is 35.5 Å². The zero-order chi connectivity index (χ0) is 17.6. The molecule has 0 aliphatic carbocycles. The third kappa shape index (κ3) is 4.24. The highest BCUT2D eigenvalue weighted by Crippen LogP contribution is 2.27. The predicted molar refractivity (Wildman–Crippen MR) is 91.8 cm³/mol. The van der Waals surface area contributed by atoms with E-state index in [1.807, 2.05) is 44.3 Å². The van der Waals surface area contributed by atoms with Gasteiger partial charge in [-0.05, 0) is 12.5 Å². The molecular weight excluding hydrogens is 320 g/mol. The summed E-state index contributed by atoms with van der Waals surface area (Å²) in [5.74, 6) is 0.0317. The quantitative estimate of drug-likeness (QED) is 0.761. The van der Waals surface area contributed by atoms with Crippen LogP contribution in [0.1, 0.15) is 29.8 Å². The van der Waals surface area contributed by atoms with Gasteiger partial charge in [-0.15, -0.1) is 5.10 Å². The summed E-state index contributed by atoms with van der Waals surface area (Å²) in [6.07, 6.45) is 0. The number of benzene rings is 1. The van der Waals surface area contributed by atoms with Gasteiger partial charge in [0, 0.05) is 26.1 Å². The van der Waals surface area contributed by atoms with Gasteiger partial charge in [0.25, 0.3) is 0 Å². The summed E-state index contributed by atoms with van der Waals surface area (Å²) in [6.45, 7) is 4.64. The molecule has 7 heteroatoms. The lowest BCUT2D eigenvalue weighted by Crippen LogP contribution is -2.41. The maximum atomic E-state index is 12.3. The fraction of sp³-hybridized carbons (Fsp3) is 0.500. The summed E-state index contributed by atoms with van der Waals surface area (Å²) in [5.41, 5.74) is 3.02. The Morgan fingerprint density at radius 1 is 1.28 bits per heavy atom. The molecule has 7 nitrogen and oxygen atoms in total. The molecule has 1 amide bonds. The van der Waals surface area contributed by atoms with Crippen LogP contribution in [0.5, 0.6) is 0 Å². The van der Waals surface area contributed by atoms with E-state index >= 15 is 0 Å².